The Bertz CT molecular complexity index is 345. The Hall–Kier alpha value is 0.220. The maximum atomic E-state index is 11.8. The second-order valence-corrected chi connectivity index (χ2v) is 8.56. The molecule has 6 heteroatoms. The number of thioether (sulfide) groups is 1. The molecule has 0 aromatic heterocycles. The minimum atomic E-state index is -2.98. The summed E-state index contributed by atoms with van der Waals surface area (Å²) in [6.07, 6.45) is 4.51. The zero-order chi connectivity index (χ0) is 13.0. The molecule has 0 bridgehead atoms. The first-order chi connectivity index (χ1) is 8.62. The lowest BCUT2D eigenvalue weighted by atomic mass is 10.0. The molecule has 2 fully saturated rings. The smallest absolute Gasteiger partial charge is 0.213 e. The van der Waals surface area contributed by atoms with Gasteiger partial charge in [-0.3, -0.25) is 0 Å². The van der Waals surface area contributed by atoms with Crippen molar-refractivity contribution in [1.82, 2.24) is 9.62 Å². The highest BCUT2D eigenvalue weighted by molar-refractivity contribution is 7.99. The number of nitrogens with one attached hydrogen (secondary N) is 1. The number of piperidine rings is 1. The first kappa shape index (κ1) is 14.6. The van der Waals surface area contributed by atoms with Crippen LogP contribution in [0.5, 0.6) is 0 Å². The molecular weight excluding hydrogens is 268 g/mol. The molecule has 0 aromatic rings. The molecule has 4 nitrogen and oxygen atoms in total. The molecule has 2 saturated heterocycles. The van der Waals surface area contributed by atoms with Gasteiger partial charge in [0.25, 0.3) is 0 Å². The van der Waals surface area contributed by atoms with Crippen LogP contribution in [0, 0.1) is 0 Å². The molecule has 0 saturated carbocycles. The fourth-order valence-corrected chi connectivity index (χ4v) is 4.91. The van der Waals surface area contributed by atoms with Gasteiger partial charge in [0.1, 0.15) is 0 Å². The van der Waals surface area contributed by atoms with Crippen LogP contribution in [-0.4, -0.2) is 55.2 Å². The van der Waals surface area contributed by atoms with Crippen molar-refractivity contribution in [2.24, 2.45) is 0 Å². The number of nitrogens with zero attached hydrogens (tertiary/aromatic N) is 1. The Morgan fingerprint density at radius 2 is 1.94 bits per heavy atom. The van der Waals surface area contributed by atoms with E-state index in [1.165, 1.54) is 24.3 Å². The molecule has 2 heterocycles. The van der Waals surface area contributed by atoms with Crippen molar-refractivity contribution in [3.63, 3.8) is 0 Å². The predicted octanol–water partition coefficient (Wildman–Crippen LogP) is 1.29. The van der Waals surface area contributed by atoms with Crippen LogP contribution >= 0.6 is 11.8 Å². The van der Waals surface area contributed by atoms with Crippen molar-refractivity contribution >= 4 is 21.8 Å². The van der Waals surface area contributed by atoms with E-state index >= 15 is 0 Å². The summed E-state index contributed by atoms with van der Waals surface area (Å²) in [5.74, 6) is 2.74. The molecule has 2 rings (SSSR count). The van der Waals surface area contributed by atoms with E-state index in [2.05, 4.69) is 5.32 Å². The van der Waals surface area contributed by atoms with Crippen molar-refractivity contribution in [2.75, 3.05) is 30.3 Å². The van der Waals surface area contributed by atoms with E-state index in [9.17, 15) is 8.42 Å². The quantitative estimate of drug-likeness (QED) is 0.848. The van der Waals surface area contributed by atoms with Gasteiger partial charge in [-0.25, -0.2) is 12.7 Å². The highest BCUT2D eigenvalue weighted by atomic mass is 32.2. The van der Waals surface area contributed by atoms with E-state index in [0.29, 0.717) is 25.2 Å². The summed E-state index contributed by atoms with van der Waals surface area (Å²) in [7, 11) is -2.98. The van der Waals surface area contributed by atoms with E-state index in [0.717, 1.165) is 12.8 Å². The van der Waals surface area contributed by atoms with E-state index in [4.69, 9.17) is 0 Å². The highest BCUT2D eigenvalue weighted by Gasteiger charge is 2.27. The van der Waals surface area contributed by atoms with Crippen LogP contribution in [0.25, 0.3) is 0 Å². The normalized spacial score (nSPS) is 28.4. The molecule has 1 atom stereocenters. The maximum Gasteiger partial charge on any atom is 0.213 e. The van der Waals surface area contributed by atoms with Crippen LogP contribution in [0.4, 0.5) is 0 Å². The van der Waals surface area contributed by atoms with Gasteiger partial charge >= 0.3 is 0 Å². The van der Waals surface area contributed by atoms with Crippen LogP contribution in [0.3, 0.4) is 0 Å². The van der Waals surface area contributed by atoms with Gasteiger partial charge in [-0.05, 0) is 38.4 Å². The van der Waals surface area contributed by atoms with E-state index < -0.39 is 10.0 Å². The molecule has 0 aliphatic carbocycles. The third-order valence-corrected chi connectivity index (χ3v) is 6.94. The zero-order valence-corrected chi connectivity index (χ0v) is 12.7. The maximum absolute atomic E-state index is 11.8. The molecule has 2 aliphatic heterocycles. The summed E-state index contributed by atoms with van der Waals surface area (Å²) in [5.41, 5.74) is 0. The highest BCUT2D eigenvalue weighted by Crippen LogP contribution is 2.20. The number of sulfonamides is 1. The van der Waals surface area contributed by atoms with Gasteiger partial charge in [-0.1, -0.05) is 0 Å². The van der Waals surface area contributed by atoms with Gasteiger partial charge < -0.3 is 5.32 Å². The van der Waals surface area contributed by atoms with E-state index in [1.807, 2.05) is 11.8 Å². The Kier molecular flexibility index (Phi) is 5.35. The van der Waals surface area contributed by atoms with Crippen molar-refractivity contribution in [2.45, 2.75) is 44.7 Å². The second kappa shape index (κ2) is 6.59. The summed E-state index contributed by atoms with van der Waals surface area (Å²) in [4.78, 5) is 0. The molecule has 1 N–H and O–H groups in total. The fourth-order valence-electron chi connectivity index (χ4n) is 2.69. The fraction of sp³-hybridized carbons (Fsp3) is 1.00. The minimum Gasteiger partial charge on any atom is -0.310 e. The molecule has 0 radical (unpaired) electrons. The molecule has 0 spiro atoms. The lowest BCUT2D eigenvalue weighted by Crippen LogP contribution is -2.49. The Labute approximate surface area is 115 Å². The van der Waals surface area contributed by atoms with Crippen molar-refractivity contribution in [3.05, 3.63) is 0 Å². The molecule has 106 valence electrons. The van der Waals surface area contributed by atoms with Gasteiger partial charge in [0.15, 0.2) is 0 Å². The Morgan fingerprint density at radius 1 is 1.22 bits per heavy atom. The molecule has 1 unspecified atom stereocenters. The van der Waals surface area contributed by atoms with Gasteiger partial charge in [0, 0.05) is 30.9 Å². The summed E-state index contributed by atoms with van der Waals surface area (Å²) >= 11 is 2.03. The predicted molar refractivity (Wildman–Crippen MR) is 77.5 cm³/mol. The van der Waals surface area contributed by atoms with Crippen molar-refractivity contribution < 1.29 is 8.42 Å². The first-order valence-corrected chi connectivity index (χ1v) is 9.70. The van der Waals surface area contributed by atoms with Crippen molar-refractivity contribution in [1.29, 1.82) is 0 Å². The topological polar surface area (TPSA) is 49.4 Å². The molecule has 2 aliphatic rings. The standard InChI is InChI=1S/C12H24N2O2S2/c1-2-18(15,16)14-7-5-11(6-8-14)13-12-4-3-9-17-10-12/h11-13H,2-10H2,1H3. The second-order valence-electron chi connectivity index (χ2n) is 5.15. The molecule has 0 aromatic carbocycles. The Morgan fingerprint density at radius 3 is 2.50 bits per heavy atom. The van der Waals surface area contributed by atoms with Gasteiger partial charge in [-0.2, -0.15) is 11.8 Å². The van der Waals surface area contributed by atoms with Crippen molar-refractivity contribution in [3.8, 4) is 0 Å². The minimum absolute atomic E-state index is 0.227. The van der Waals surface area contributed by atoms with Gasteiger partial charge in [-0.15, -0.1) is 0 Å². The largest absolute Gasteiger partial charge is 0.310 e. The summed E-state index contributed by atoms with van der Waals surface area (Å²) in [5, 5.41) is 3.71. The lowest BCUT2D eigenvalue weighted by Gasteiger charge is -2.34. The lowest BCUT2D eigenvalue weighted by molar-refractivity contribution is 0.273. The van der Waals surface area contributed by atoms with E-state index in [1.54, 1.807) is 11.2 Å². The van der Waals surface area contributed by atoms with E-state index in [-0.39, 0.29) is 5.75 Å². The number of hydrogen-bond donors (Lipinski definition) is 1. The average Bonchev–Trinajstić information content (AvgIpc) is 2.40. The summed E-state index contributed by atoms with van der Waals surface area (Å²) in [6, 6.07) is 1.15. The third kappa shape index (κ3) is 3.85. The van der Waals surface area contributed by atoms with Gasteiger partial charge in [0.2, 0.25) is 10.0 Å². The monoisotopic (exact) mass is 292 g/mol. The third-order valence-electron chi connectivity index (χ3n) is 3.84. The first-order valence-electron chi connectivity index (χ1n) is 6.93. The SMILES string of the molecule is CCS(=O)(=O)N1CCC(NC2CCCSC2)CC1. The number of hydrogen-bond acceptors (Lipinski definition) is 4. The van der Waals surface area contributed by atoms with Crippen LogP contribution in [-0.2, 0) is 10.0 Å². The molecule has 0 amide bonds. The van der Waals surface area contributed by atoms with Crippen LogP contribution in [0.1, 0.15) is 32.6 Å². The van der Waals surface area contributed by atoms with Crippen LogP contribution < -0.4 is 5.32 Å². The summed E-state index contributed by atoms with van der Waals surface area (Å²) < 4.78 is 25.2. The summed E-state index contributed by atoms with van der Waals surface area (Å²) in [6.45, 7) is 3.10. The molecular formula is C12H24N2O2S2. The zero-order valence-electron chi connectivity index (χ0n) is 11.1. The van der Waals surface area contributed by atoms with Crippen LogP contribution in [0.2, 0.25) is 0 Å². The van der Waals surface area contributed by atoms with Gasteiger partial charge in [0.05, 0.1) is 5.75 Å². The Balaban J connectivity index is 1.76. The molecule has 18 heavy (non-hydrogen) atoms. The van der Waals surface area contributed by atoms with Crippen LogP contribution in [0.15, 0.2) is 0 Å². The number of rotatable bonds is 4. The average molecular weight is 292 g/mol.